The number of likely N-dealkylation sites (N-methyl/N-ethyl adjacent to an activating group) is 2. The minimum absolute atomic E-state index is 0.0124. The number of carbonyl (C=O) groups excluding carboxylic acids is 2. The van der Waals surface area contributed by atoms with E-state index in [4.69, 9.17) is 0 Å². The van der Waals surface area contributed by atoms with Crippen LogP contribution in [0.5, 0.6) is 0 Å². The molecule has 0 aliphatic carbocycles. The summed E-state index contributed by atoms with van der Waals surface area (Å²) in [7, 11) is 5.31. The minimum atomic E-state index is -0.466. The molecule has 2 aromatic carbocycles. The fourth-order valence-corrected chi connectivity index (χ4v) is 2.66. The smallest absolute Gasteiger partial charge is 0.287 e. The number of rotatable bonds is 6. The normalized spacial score (nSPS) is 13.0. The number of hydrogen-bond donors (Lipinski definition) is 2. The van der Waals surface area contributed by atoms with E-state index in [0.717, 1.165) is 21.7 Å². The Balaban J connectivity index is 2.23. The first-order valence-corrected chi connectivity index (χ1v) is 8.33. The summed E-state index contributed by atoms with van der Waals surface area (Å²) in [5.74, 6) is -0.138. The number of carbonyl (C=O) groups is 2. The Morgan fingerprint density at radius 1 is 1.04 bits per heavy atom. The monoisotopic (exact) mass is 340 g/mol. The van der Waals surface area contributed by atoms with E-state index < -0.39 is 6.04 Å². The summed E-state index contributed by atoms with van der Waals surface area (Å²) in [6.45, 7) is 2.25. The van der Waals surface area contributed by atoms with Crippen molar-refractivity contribution < 1.29 is 14.5 Å². The Bertz CT molecular complexity index is 711. The van der Waals surface area contributed by atoms with E-state index in [2.05, 4.69) is 5.32 Å². The van der Waals surface area contributed by atoms with Crippen molar-refractivity contribution in [3.63, 3.8) is 0 Å². The summed E-state index contributed by atoms with van der Waals surface area (Å²) in [4.78, 5) is 27.4. The van der Waals surface area contributed by atoms with Crippen molar-refractivity contribution >= 4 is 17.5 Å². The van der Waals surface area contributed by atoms with Crippen LogP contribution in [-0.2, 0) is 9.59 Å². The lowest BCUT2D eigenvalue weighted by Gasteiger charge is -2.25. The lowest BCUT2D eigenvalue weighted by molar-refractivity contribution is -0.894. The highest BCUT2D eigenvalue weighted by Gasteiger charge is 2.30. The Morgan fingerprint density at radius 2 is 1.64 bits per heavy atom. The third kappa shape index (κ3) is 5.16. The summed E-state index contributed by atoms with van der Waals surface area (Å²) >= 11 is 0. The Kier molecular flexibility index (Phi) is 6.31. The van der Waals surface area contributed by atoms with Gasteiger partial charge in [-0.25, -0.2) is 0 Å². The average molecular weight is 340 g/mol. The molecule has 2 N–H and O–H groups in total. The highest BCUT2D eigenvalue weighted by Crippen LogP contribution is 2.14. The Hall–Kier alpha value is -2.66. The van der Waals surface area contributed by atoms with Gasteiger partial charge in [0.1, 0.15) is 0 Å². The molecule has 0 spiro atoms. The molecule has 2 atom stereocenters. The van der Waals surface area contributed by atoms with E-state index in [1.54, 1.807) is 19.0 Å². The van der Waals surface area contributed by atoms with Crippen molar-refractivity contribution in [1.82, 2.24) is 4.90 Å². The van der Waals surface area contributed by atoms with Gasteiger partial charge in [-0.15, -0.1) is 0 Å². The predicted octanol–water partition coefficient (Wildman–Crippen LogP) is 1.28. The topological polar surface area (TPSA) is 53.9 Å². The quantitative estimate of drug-likeness (QED) is 0.832. The maximum absolute atomic E-state index is 12.9. The summed E-state index contributed by atoms with van der Waals surface area (Å²) in [5.41, 5.74) is 2.77. The van der Waals surface area contributed by atoms with E-state index in [0.29, 0.717) is 0 Å². The number of nitrogens with zero attached hydrogens (tertiary/aromatic N) is 1. The Morgan fingerprint density at radius 3 is 2.20 bits per heavy atom. The van der Waals surface area contributed by atoms with Crippen LogP contribution in [0.3, 0.4) is 0 Å². The molecule has 5 heteroatoms. The molecule has 25 heavy (non-hydrogen) atoms. The maximum atomic E-state index is 12.9. The second-order valence-corrected chi connectivity index (χ2v) is 6.51. The van der Waals surface area contributed by atoms with Crippen LogP contribution in [0.1, 0.15) is 17.2 Å². The number of benzene rings is 2. The van der Waals surface area contributed by atoms with Gasteiger partial charge >= 0.3 is 0 Å². The maximum Gasteiger partial charge on any atom is 0.287 e. The molecule has 0 aliphatic rings. The average Bonchev–Trinajstić information content (AvgIpc) is 2.58. The highest BCUT2D eigenvalue weighted by atomic mass is 16.2. The van der Waals surface area contributed by atoms with Crippen LogP contribution in [0.4, 0.5) is 5.69 Å². The molecule has 0 saturated heterocycles. The van der Waals surface area contributed by atoms with Crippen LogP contribution in [0.25, 0.3) is 0 Å². The summed E-state index contributed by atoms with van der Waals surface area (Å²) in [6, 6.07) is 16.8. The van der Waals surface area contributed by atoms with Crippen molar-refractivity contribution in [1.29, 1.82) is 0 Å². The van der Waals surface area contributed by atoms with Crippen LogP contribution >= 0.6 is 0 Å². The van der Waals surface area contributed by atoms with Gasteiger partial charge in [0.25, 0.3) is 11.8 Å². The molecular formula is C20H26N3O2+. The van der Waals surface area contributed by atoms with E-state index in [-0.39, 0.29) is 18.4 Å². The van der Waals surface area contributed by atoms with Crippen molar-refractivity contribution in [3.8, 4) is 0 Å². The SMILES string of the molecule is Cc1ccc(NC(=O)[C@H](c2ccccc2)[NH+](C)CC(=O)N(C)C)cc1. The number of hydrogen-bond acceptors (Lipinski definition) is 2. The largest absolute Gasteiger partial charge is 0.344 e. The molecule has 0 bridgehead atoms. The minimum Gasteiger partial charge on any atom is -0.344 e. The van der Waals surface area contributed by atoms with Crippen LogP contribution < -0.4 is 10.2 Å². The number of nitrogens with one attached hydrogen (secondary N) is 2. The van der Waals surface area contributed by atoms with Crippen LogP contribution in [0.2, 0.25) is 0 Å². The molecule has 0 saturated carbocycles. The first-order valence-electron chi connectivity index (χ1n) is 8.33. The summed E-state index contributed by atoms with van der Waals surface area (Å²) < 4.78 is 0. The molecule has 0 aromatic heterocycles. The van der Waals surface area contributed by atoms with Crippen molar-refractivity contribution in [2.24, 2.45) is 0 Å². The number of amides is 2. The van der Waals surface area contributed by atoms with Gasteiger partial charge in [0, 0.05) is 25.3 Å². The van der Waals surface area contributed by atoms with Crippen molar-refractivity contribution in [3.05, 3.63) is 65.7 Å². The van der Waals surface area contributed by atoms with Gasteiger partial charge in [-0.05, 0) is 19.1 Å². The van der Waals surface area contributed by atoms with Gasteiger partial charge in [0.15, 0.2) is 12.6 Å². The van der Waals surface area contributed by atoms with E-state index in [1.807, 2.05) is 68.6 Å². The molecule has 2 amide bonds. The van der Waals surface area contributed by atoms with Gasteiger partial charge in [-0.1, -0.05) is 48.0 Å². The Labute approximate surface area is 149 Å². The van der Waals surface area contributed by atoms with E-state index in [9.17, 15) is 9.59 Å². The van der Waals surface area contributed by atoms with Gasteiger partial charge in [0.05, 0.1) is 7.05 Å². The van der Waals surface area contributed by atoms with Gasteiger partial charge in [0.2, 0.25) is 0 Å². The van der Waals surface area contributed by atoms with E-state index >= 15 is 0 Å². The third-order valence-electron chi connectivity index (χ3n) is 4.14. The molecule has 2 aromatic rings. The fraction of sp³-hybridized carbons (Fsp3) is 0.300. The summed E-state index contributed by atoms with van der Waals surface area (Å²) in [6.07, 6.45) is 0. The first-order chi connectivity index (χ1) is 11.9. The molecule has 2 rings (SSSR count). The van der Waals surface area contributed by atoms with Gasteiger partial charge < -0.3 is 15.1 Å². The molecule has 0 heterocycles. The molecule has 0 aliphatic heterocycles. The number of quaternary nitrogens is 1. The van der Waals surface area contributed by atoms with E-state index in [1.165, 1.54) is 0 Å². The van der Waals surface area contributed by atoms with Gasteiger partial charge in [-0.3, -0.25) is 9.59 Å². The van der Waals surface area contributed by atoms with Crippen LogP contribution in [0.15, 0.2) is 54.6 Å². The zero-order valence-corrected chi connectivity index (χ0v) is 15.2. The highest BCUT2D eigenvalue weighted by molar-refractivity contribution is 5.94. The third-order valence-corrected chi connectivity index (χ3v) is 4.14. The first kappa shape index (κ1) is 18.7. The second-order valence-electron chi connectivity index (χ2n) is 6.51. The number of anilines is 1. The van der Waals surface area contributed by atoms with Crippen molar-refractivity contribution in [2.75, 3.05) is 33.0 Å². The predicted molar refractivity (Wildman–Crippen MR) is 99.4 cm³/mol. The lowest BCUT2D eigenvalue weighted by Crippen LogP contribution is -3.11. The molecule has 0 fully saturated rings. The number of aryl methyl sites for hydroxylation is 1. The molecule has 132 valence electrons. The van der Waals surface area contributed by atoms with Crippen LogP contribution in [0, 0.1) is 6.92 Å². The summed E-state index contributed by atoms with van der Waals surface area (Å²) in [5, 5.41) is 2.97. The zero-order valence-electron chi connectivity index (χ0n) is 15.2. The molecule has 1 unspecified atom stereocenters. The van der Waals surface area contributed by atoms with Gasteiger partial charge in [-0.2, -0.15) is 0 Å². The zero-order chi connectivity index (χ0) is 18.4. The van der Waals surface area contributed by atoms with Crippen LogP contribution in [-0.4, -0.2) is 44.4 Å². The second kappa shape index (κ2) is 8.44. The lowest BCUT2D eigenvalue weighted by atomic mass is 10.0. The standard InChI is InChI=1S/C20H25N3O2/c1-15-10-12-17(13-11-15)21-20(25)19(16-8-6-5-7-9-16)23(4)14-18(24)22(2)3/h5-13,19H,14H2,1-4H3,(H,21,25)/p+1/t19-/m0/s1. The van der Waals surface area contributed by atoms with Crippen molar-refractivity contribution in [2.45, 2.75) is 13.0 Å². The molecule has 5 nitrogen and oxygen atoms in total. The molecular weight excluding hydrogens is 314 g/mol. The molecule has 0 radical (unpaired) electrons. The fourth-order valence-electron chi connectivity index (χ4n) is 2.66.